The summed E-state index contributed by atoms with van der Waals surface area (Å²) in [4.78, 5) is 28.2. The van der Waals surface area contributed by atoms with Gasteiger partial charge in [-0.15, -0.1) is 0 Å². The number of nitrogens with one attached hydrogen (secondary N) is 1. The van der Waals surface area contributed by atoms with E-state index in [9.17, 15) is 14.0 Å². The highest BCUT2D eigenvalue weighted by Crippen LogP contribution is 2.19. The zero-order chi connectivity index (χ0) is 24.3. The van der Waals surface area contributed by atoms with E-state index in [1.807, 2.05) is 68.4 Å². The summed E-state index contributed by atoms with van der Waals surface area (Å²) in [5.74, 6) is -1.15. The maximum atomic E-state index is 14.0. The van der Waals surface area contributed by atoms with Gasteiger partial charge in [-0.1, -0.05) is 73.7 Å². The van der Waals surface area contributed by atoms with Gasteiger partial charge >= 0.3 is 0 Å². The van der Waals surface area contributed by atoms with Crippen molar-refractivity contribution in [2.24, 2.45) is 0 Å². The van der Waals surface area contributed by atoms with Crippen LogP contribution in [0.2, 0.25) is 0 Å². The number of aryl methyl sites for hydroxylation is 1. The summed E-state index contributed by atoms with van der Waals surface area (Å²) in [6.07, 6.45) is 1.14. The maximum Gasteiger partial charge on any atom is 0.261 e. The number of hydrogen-bond donors (Lipinski definition) is 1. The Morgan fingerprint density at radius 1 is 0.971 bits per heavy atom. The normalized spacial score (nSPS) is 11.5. The number of halogens is 1. The summed E-state index contributed by atoms with van der Waals surface area (Å²) in [6.45, 7) is 4.33. The molecule has 6 heteroatoms. The zero-order valence-corrected chi connectivity index (χ0v) is 19.7. The summed E-state index contributed by atoms with van der Waals surface area (Å²) >= 11 is 0. The minimum Gasteiger partial charge on any atom is -0.481 e. The first-order valence-electron chi connectivity index (χ1n) is 11.5. The lowest BCUT2D eigenvalue weighted by atomic mass is 10.0. The number of carbonyl (C=O) groups excluding carboxylic acids is 2. The third-order valence-corrected chi connectivity index (χ3v) is 5.61. The Bertz CT molecular complexity index is 1090. The standard InChI is InChI=1S/C28H31FN2O3/c1-3-17-30-28(33)25(18-22-12-5-4-6-13-22)31(19-23-14-8-7-11-21(23)2)27(32)20-34-26-16-10-9-15-24(26)29/h4-16,25H,3,17-20H2,1-2H3,(H,30,33). The number of carbonyl (C=O) groups is 2. The number of nitrogens with zero attached hydrogens (tertiary/aromatic N) is 1. The zero-order valence-electron chi connectivity index (χ0n) is 19.7. The van der Waals surface area contributed by atoms with E-state index in [1.54, 1.807) is 17.0 Å². The Balaban J connectivity index is 1.91. The van der Waals surface area contributed by atoms with Crippen LogP contribution in [0.25, 0.3) is 0 Å². The highest BCUT2D eigenvalue weighted by atomic mass is 19.1. The van der Waals surface area contributed by atoms with E-state index in [4.69, 9.17) is 4.74 Å². The van der Waals surface area contributed by atoms with Gasteiger partial charge in [0.15, 0.2) is 18.2 Å². The first-order chi connectivity index (χ1) is 16.5. The van der Waals surface area contributed by atoms with Gasteiger partial charge in [0.25, 0.3) is 5.91 Å². The van der Waals surface area contributed by atoms with Gasteiger partial charge in [0.05, 0.1) is 0 Å². The van der Waals surface area contributed by atoms with Gasteiger partial charge < -0.3 is 15.0 Å². The molecule has 0 aromatic heterocycles. The van der Waals surface area contributed by atoms with Crippen LogP contribution in [0.1, 0.15) is 30.0 Å². The molecule has 178 valence electrons. The van der Waals surface area contributed by atoms with Crippen LogP contribution in [0, 0.1) is 12.7 Å². The molecule has 0 saturated carbocycles. The van der Waals surface area contributed by atoms with Crippen LogP contribution in [0.5, 0.6) is 5.75 Å². The predicted octanol–water partition coefficient (Wildman–Crippen LogP) is 4.68. The van der Waals surface area contributed by atoms with E-state index in [0.717, 1.165) is 23.1 Å². The number of amides is 2. The fourth-order valence-corrected chi connectivity index (χ4v) is 3.68. The van der Waals surface area contributed by atoms with E-state index in [1.165, 1.54) is 12.1 Å². The lowest BCUT2D eigenvalue weighted by Crippen LogP contribution is -2.51. The fraction of sp³-hybridized carbons (Fsp3) is 0.286. The SMILES string of the molecule is CCCNC(=O)C(Cc1ccccc1)N(Cc1ccccc1C)C(=O)COc1ccccc1F. The first kappa shape index (κ1) is 25.0. The van der Waals surface area contributed by atoms with Crippen molar-refractivity contribution in [2.45, 2.75) is 39.3 Å². The molecule has 0 heterocycles. The van der Waals surface area contributed by atoms with Crippen molar-refractivity contribution in [3.63, 3.8) is 0 Å². The number of rotatable bonds is 11. The van der Waals surface area contributed by atoms with Gasteiger partial charge in [0.1, 0.15) is 6.04 Å². The van der Waals surface area contributed by atoms with E-state index < -0.39 is 11.9 Å². The Labute approximate surface area is 200 Å². The first-order valence-corrected chi connectivity index (χ1v) is 11.5. The van der Waals surface area contributed by atoms with Gasteiger partial charge in [-0.2, -0.15) is 0 Å². The Morgan fingerprint density at radius 2 is 1.65 bits per heavy atom. The molecule has 1 unspecified atom stereocenters. The van der Waals surface area contributed by atoms with Gasteiger partial charge in [-0.3, -0.25) is 9.59 Å². The molecular formula is C28H31FN2O3. The number of para-hydroxylation sites is 1. The third-order valence-electron chi connectivity index (χ3n) is 5.61. The molecule has 0 aliphatic heterocycles. The highest BCUT2D eigenvalue weighted by molar-refractivity contribution is 5.88. The van der Waals surface area contributed by atoms with Crippen molar-refractivity contribution in [2.75, 3.05) is 13.2 Å². The van der Waals surface area contributed by atoms with Crippen LogP contribution in [0.15, 0.2) is 78.9 Å². The highest BCUT2D eigenvalue weighted by Gasteiger charge is 2.31. The van der Waals surface area contributed by atoms with Crippen molar-refractivity contribution in [3.8, 4) is 5.75 Å². The Hall–Kier alpha value is -3.67. The second-order valence-corrected chi connectivity index (χ2v) is 8.16. The second kappa shape index (κ2) is 12.5. The molecule has 3 rings (SSSR count). The average Bonchev–Trinajstić information content (AvgIpc) is 2.85. The molecule has 5 nitrogen and oxygen atoms in total. The van der Waals surface area contributed by atoms with Crippen LogP contribution in [-0.2, 0) is 22.6 Å². The Kier molecular flexibility index (Phi) is 9.21. The van der Waals surface area contributed by atoms with Crippen LogP contribution in [0.3, 0.4) is 0 Å². The fourth-order valence-electron chi connectivity index (χ4n) is 3.68. The number of ether oxygens (including phenoxy) is 1. The molecule has 1 atom stereocenters. The van der Waals surface area contributed by atoms with E-state index in [-0.39, 0.29) is 30.7 Å². The lowest BCUT2D eigenvalue weighted by Gasteiger charge is -2.32. The molecule has 0 aliphatic rings. The number of benzene rings is 3. The molecule has 0 fully saturated rings. The van der Waals surface area contributed by atoms with E-state index in [0.29, 0.717) is 13.0 Å². The van der Waals surface area contributed by atoms with Crippen LogP contribution < -0.4 is 10.1 Å². The minimum atomic E-state index is -0.745. The van der Waals surface area contributed by atoms with E-state index >= 15 is 0 Å². The smallest absolute Gasteiger partial charge is 0.261 e. The summed E-state index contributed by atoms with van der Waals surface area (Å²) < 4.78 is 19.6. The second-order valence-electron chi connectivity index (χ2n) is 8.16. The topological polar surface area (TPSA) is 58.6 Å². The summed E-state index contributed by atoms with van der Waals surface area (Å²) in [5.41, 5.74) is 2.89. The lowest BCUT2D eigenvalue weighted by molar-refractivity contribution is -0.142. The van der Waals surface area contributed by atoms with Crippen molar-refractivity contribution in [1.82, 2.24) is 10.2 Å². The summed E-state index contributed by atoms with van der Waals surface area (Å²) in [7, 11) is 0. The molecule has 2 amide bonds. The maximum absolute atomic E-state index is 14.0. The molecular weight excluding hydrogens is 431 g/mol. The molecule has 0 bridgehead atoms. The van der Waals surface area contributed by atoms with Crippen LogP contribution in [0.4, 0.5) is 4.39 Å². The minimum absolute atomic E-state index is 0.00161. The monoisotopic (exact) mass is 462 g/mol. The molecule has 0 spiro atoms. The molecule has 3 aromatic carbocycles. The third kappa shape index (κ3) is 6.91. The molecule has 0 radical (unpaired) electrons. The van der Waals surface area contributed by atoms with E-state index in [2.05, 4.69) is 5.32 Å². The largest absolute Gasteiger partial charge is 0.481 e. The molecule has 34 heavy (non-hydrogen) atoms. The van der Waals surface area contributed by atoms with Gasteiger partial charge in [-0.25, -0.2) is 4.39 Å². The number of hydrogen-bond acceptors (Lipinski definition) is 3. The van der Waals surface area contributed by atoms with Crippen molar-refractivity contribution >= 4 is 11.8 Å². The molecule has 0 saturated heterocycles. The van der Waals surface area contributed by atoms with Crippen molar-refractivity contribution in [3.05, 3.63) is 101 Å². The summed E-state index contributed by atoms with van der Waals surface area (Å²) in [5, 5.41) is 2.94. The predicted molar refractivity (Wildman–Crippen MR) is 131 cm³/mol. The molecule has 0 aliphatic carbocycles. The van der Waals surface area contributed by atoms with Crippen LogP contribution >= 0.6 is 0 Å². The molecule has 1 N–H and O–H groups in total. The van der Waals surface area contributed by atoms with Crippen LogP contribution in [-0.4, -0.2) is 35.9 Å². The quantitative estimate of drug-likeness (QED) is 0.450. The Morgan fingerprint density at radius 3 is 2.35 bits per heavy atom. The van der Waals surface area contributed by atoms with Crippen molar-refractivity contribution in [1.29, 1.82) is 0 Å². The molecule has 3 aromatic rings. The van der Waals surface area contributed by atoms with Gasteiger partial charge in [0.2, 0.25) is 5.91 Å². The summed E-state index contributed by atoms with van der Waals surface area (Å²) in [6, 6.07) is 22.6. The van der Waals surface area contributed by atoms with Gasteiger partial charge in [-0.05, 0) is 42.2 Å². The van der Waals surface area contributed by atoms with Gasteiger partial charge in [0, 0.05) is 19.5 Å². The van der Waals surface area contributed by atoms with Crippen molar-refractivity contribution < 1.29 is 18.7 Å². The average molecular weight is 463 g/mol.